The monoisotopic (exact) mass is 218 g/mol. The molecule has 0 aromatic heterocycles. The summed E-state index contributed by atoms with van der Waals surface area (Å²) < 4.78 is 12.4. The molecule has 0 rings (SSSR count). The maximum atomic E-state index is 12.4. The van der Waals surface area contributed by atoms with Crippen molar-refractivity contribution in [1.29, 1.82) is 0 Å². The fourth-order valence-electron chi connectivity index (χ4n) is 1.03. The molecule has 0 heterocycles. The van der Waals surface area contributed by atoms with Crippen molar-refractivity contribution in [2.24, 2.45) is 0 Å². The molecule has 0 saturated heterocycles. The van der Waals surface area contributed by atoms with Gasteiger partial charge < -0.3 is 0 Å². The van der Waals surface area contributed by atoms with E-state index in [1.165, 1.54) is 6.08 Å². The molecule has 0 N–H and O–H groups in total. The average Bonchev–Trinajstić information content (AvgIpc) is 2.22. The number of hydrogen-bond acceptors (Lipinski definition) is 0. The van der Waals surface area contributed by atoms with Gasteiger partial charge in [-0.3, -0.25) is 0 Å². The molecular formula is C15H19F. The minimum atomic E-state index is -0.492. The van der Waals surface area contributed by atoms with Gasteiger partial charge in [-0.2, -0.15) is 0 Å². The normalized spacial score (nSPS) is 10.9. The highest BCUT2D eigenvalue weighted by atomic mass is 19.1. The summed E-state index contributed by atoms with van der Waals surface area (Å²) in [5.74, 6) is -0.492. The molecule has 0 fully saturated rings. The first-order chi connectivity index (χ1) is 7.47. The standard InChI is InChI=1S/C15H19F/c1-6-7-12(2)8-9-13(3)14(4)10-11-15(5)16/h8-11H,2-7H2,1H3/b9-8-,11-10-. The molecule has 86 valence electrons. The van der Waals surface area contributed by atoms with Gasteiger partial charge in [-0.05, 0) is 23.6 Å². The van der Waals surface area contributed by atoms with Gasteiger partial charge in [-0.15, -0.1) is 0 Å². The van der Waals surface area contributed by atoms with Crippen LogP contribution in [0.4, 0.5) is 4.39 Å². The summed E-state index contributed by atoms with van der Waals surface area (Å²) in [6.45, 7) is 16.7. The Kier molecular flexibility index (Phi) is 6.86. The fraction of sp³-hybridized carbons (Fsp3) is 0.200. The van der Waals surface area contributed by atoms with E-state index in [1.807, 2.05) is 12.2 Å². The second kappa shape index (κ2) is 7.63. The van der Waals surface area contributed by atoms with Crippen LogP contribution in [0.2, 0.25) is 0 Å². The minimum absolute atomic E-state index is 0.492. The van der Waals surface area contributed by atoms with Crippen LogP contribution in [0, 0.1) is 0 Å². The Balaban J connectivity index is 4.31. The molecule has 0 aliphatic carbocycles. The zero-order chi connectivity index (χ0) is 12.6. The molecule has 0 atom stereocenters. The third-order valence-corrected chi connectivity index (χ3v) is 1.97. The molecule has 0 aliphatic heterocycles. The van der Waals surface area contributed by atoms with E-state index in [0.717, 1.165) is 24.0 Å². The Morgan fingerprint density at radius 2 is 1.44 bits per heavy atom. The minimum Gasteiger partial charge on any atom is -0.208 e. The Morgan fingerprint density at radius 3 is 1.88 bits per heavy atom. The predicted octanol–water partition coefficient (Wildman–Crippen LogP) is 5.05. The largest absolute Gasteiger partial charge is 0.208 e. The van der Waals surface area contributed by atoms with Crippen molar-refractivity contribution in [3.8, 4) is 0 Å². The molecule has 0 aliphatic rings. The van der Waals surface area contributed by atoms with Crippen molar-refractivity contribution in [3.63, 3.8) is 0 Å². The Morgan fingerprint density at radius 1 is 0.938 bits per heavy atom. The van der Waals surface area contributed by atoms with E-state index in [4.69, 9.17) is 0 Å². The lowest BCUT2D eigenvalue weighted by atomic mass is 10.1. The average molecular weight is 218 g/mol. The molecular weight excluding hydrogens is 199 g/mol. The summed E-state index contributed by atoms with van der Waals surface area (Å²) in [6.07, 6.45) is 8.60. The first-order valence-electron chi connectivity index (χ1n) is 5.24. The van der Waals surface area contributed by atoms with Gasteiger partial charge in [0, 0.05) is 0 Å². The topological polar surface area (TPSA) is 0 Å². The van der Waals surface area contributed by atoms with Crippen LogP contribution in [0.5, 0.6) is 0 Å². The molecule has 0 spiro atoms. The number of allylic oxidation sites excluding steroid dienone is 8. The Bertz CT molecular complexity index is 354. The summed E-state index contributed by atoms with van der Waals surface area (Å²) in [7, 11) is 0. The molecule has 0 radical (unpaired) electrons. The van der Waals surface area contributed by atoms with Crippen molar-refractivity contribution >= 4 is 0 Å². The molecule has 0 aromatic rings. The molecule has 1 heteroatoms. The van der Waals surface area contributed by atoms with Crippen LogP contribution in [-0.2, 0) is 0 Å². The van der Waals surface area contributed by atoms with Gasteiger partial charge >= 0.3 is 0 Å². The highest BCUT2D eigenvalue weighted by Crippen LogP contribution is 2.12. The van der Waals surface area contributed by atoms with E-state index in [0.29, 0.717) is 5.57 Å². The van der Waals surface area contributed by atoms with Gasteiger partial charge in [0.05, 0.1) is 0 Å². The van der Waals surface area contributed by atoms with E-state index >= 15 is 0 Å². The molecule has 16 heavy (non-hydrogen) atoms. The lowest BCUT2D eigenvalue weighted by Gasteiger charge is -1.99. The smallest absolute Gasteiger partial charge is 0.116 e. The summed E-state index contributed by atoms with van der Waals surface area (Å²) in [4.78, 5) is 0. The lowest BCUT2D eigenvalue weighted by Crippen LogP contribution is -1.80. The van der Waals surface area contributed by atoms with Crippen LogP contribution in [-0.4, -0.2) is 0 Å². The maximum absolute atomic E-state index is 12.4. The zero-order valence-corrected chi connectivity index (χ0v) is 9.93. The van der Waals surface area contributed by atoms with Crippen LogP contribution in [0.3, 0.4) is 0 Å². The van der Waals surface area contributed by atoms with E-state index in [2.05, 4.69) is 33.2 Å². The second-order valence-electron chi connectivity index (χ2n) is 3.57. The van der Waals surface area contributed by atoms with Crippen LogP contribution >= 0.6 is 0 Å². The van der Waals surface area contributed by atoms with Gasteiger partial charge in [0.25, 0.3) is 0 Å². The highest BCUT2D eigenvalue weighted by molar-refractivity contribution is 5.44. The second-order valence-corrected chi connectivity index (χ2v) is 3.57. The SMILES string of the molecule is C=C(F)/C=C\C(=C)C(=C)/C=C\C(=C)CCC. The quantitative estimate of drug-likeness (QED) is 0.524. The summed E-state index contributed by atoms with van der Waals surface area (Å²) >= 11 is 0. The van der Waals surface area contributed by atoms with Crippen LogP contribution in [0.15, 0.2) is 73.2 Å². The first-order valence-corrected chi connectivity index (χ1v) is 5.24. The van der Waals surface area contributed by atoms with E-state index in [9.17, 15) is 4.39 Å². The van der Waals surface area contributed by atoms with Crippen molar-refractivity contribution < 1.29 is 4.39 Å². The molecule has 0 saturated carbocycles. The number of halogens is 1. The molecule has 0 nitrogen and oxygen atoms in total. The third kappa shape index (κ3) is 6.77. The summed E-state index contributed by atoms with van der Waals surface area (Å²) in [6, 6.07) is 0. The van der Waals surface area contributed by atoms with E-state index in [-0.39, 0.29) is 0 Å². The third-order valence-electron chi connectivity index (χ3n) is 1.97. The van der Waals surface area contributed by atoms with Gasteiger partial charge in [0.15, 0.2) is 0 Å². The van der Waals surface area contributed by atoms with Gasteiger partial charge in [0.2, 0.25) is 0 Å². The van der Waals surface area contributed by atoms with Crippen LogP contribution in [0.25, 0.3) is 0 Å². The fourth-order valence-corrected chi connectivity index (χ4v) is 1.03. The Hall–Kier alpha value is -1.63. The Labute approximate surface area is 97.9 Å². The first kappa shape index (κ1) is 14.4. The zero-order valence-electron chi connectivity index (χ0n) is 9.93. The van der Waals surface area contributed by atoms with E-state index < -0.39 is 5.83 Å². The number of rotatable bonds is 7. The van der Waals surface area contributed by atoms with Crippen LogP contribution < -0.4 is 0 Å². The van der Waals surface area contributed by atoms with E-state index in [1.54, 1.807) is 6.08 Å². The molecule has 0 amide bonds. The lowest BCUT2D eigenvalue weighted by molar-refractivity contribution is 0.671. The van der Waals surface area contributed by atoms with Gasteiger partial charge in [-0.25, -0.2) is 4.39 Å². The molecule has 0 unspecified atom stereocenters. The summed E-state index contributed by atoms with van der Waals surface area (Å²) in [5.41, 5.74) is 2.46. The van der Waals surface area contributed by atoms with Crippen molar-refractivity contribution in [2.45, 2.75) is 19.8 Å². The van der Waals surface area contributed by atoms with Crippen molar-refractivity contribution in [3.05, 3.63) is 73.2 Å². The van der Waals surface area contributed by atoms with Gasteiger partial charge in [-0.1, -0.05) is 63.5 Å². The number of hydrogen-bond donors (Lipinski definition) is 0. The predicted molar refractivity (Wildman–Crippen MR) is 70.9 cm³/mol. The van der Waals surface area contributed by atoms with Crippen LogP contribution in [0.1, 0.15) is 19.8 Å². The molecule has 0 bridgehead atoms. The molecule has 0 aromatic carbocycles. The maximum Gasteiger partial charge on any atom is 0.116 e. The summed E-state index contributed by atoms with van der Waals surface area (Å²) in [5, 5.41) is 0. The highest BCUT2D eigenvalue weighted by Gasteiger charge is 1.93. The van der Waals surface area contributed by atoms with Gasteiger partial charge in [0.1, 0.15) is 5.83 Å². The van der Waals surface area contributed by atoms with Crippen molar-refractivity contribution in [2.75, 3.05) is 0 Å². The van der Waals surface area contributed by atoms with Crippen molar-refractivity contribution in [1.82, 2.24) is 0 Å².